The van der Waals surface area contributed by atoms with Crippen LogP contribution in [0.4, 0.5) is 11.4 Å². The summed E-state index contributed by atoms with van der Waals surface area (Å²) in [5.41, 5.74) is 3.68. The quantitative estimate of drug-likeness (QED) is 0.246. The van der Waals surface area contributed by atoms with Crippen molar-refractivity contribution in [1.29, 1.82) is 0 Å². The molecule has 0 bridgehead atoms. The average molecular weight is 402 g/mol. The summed E-state index contributed by atoms with van der Waals surface area (Å²) in [6.07, 6.45) is 8.14. The summed E-state index contributed by atoms with van der Waals surface area (Å²) < 4.78 is 0. The Labute approximate surface area is 179 Å². The third kappa shape index (κ3) is 9.29. The summed E-state index contributed by atoms with van der Waals surface area (Å²) in [6, 6.07) is 6.78. The van der Waals surface area contributed by atoms with Gasteiger partial charge in [0.1, 0.15) is 6.67 Å². The van der Waals surface area contributed by atoms with Crippen LogP contribution in [0.2, 0.25) is 0 Å². The number of aryl methyl sites for hydroxylation is 1. The monoisotopic (exact) mass is 401 g/mol. The van der Waals surface area contributed by atoms with Crippen molar-refractivity contribution in [3.63, 3.8) is 0 Å². The van der Waals surface area contributed by atoms with E-state index >= 15 is 0 Å². The van der Waals surface area contributed by atoms with Crippen molar-refractivity contribution in [3.8, 4) is 0 Å². The molecule has 0 heterocycles. The fraction of sp³-hybridized carbons (Fsp3) is 0.600. The Morgan fingerprint density at radius 1 is 1.17 bits per heavy atom. The lowest BCUT2D eigenvalue weighted by molar-refractivity contribution is -0.112. The predicted molar refractivity (Wildman–Crippen MR) is 130 cm³/mol. The van der Waals surface area contributed by atoms with E-state index in [1.807, 2.05) is 27.7 Å². The van der Waals surface area contributed by atoms with Crippen molar-refractivity contribution in [2.24, 2.45) is 4.99 Å². The van der Waals surface area contributed by atoms with Crippen molar-refractivity contribution in [3.05, 3.63) is 35.9 Å². The van der Waals surface area contributed by atoms with Gasteiger partial charge in [-0.1, -0.05) is 72.6 Å². The second-order valence-electron chi connectivity index (χ2n) is 6.92. The Kier molecular flexibility index (Phi) is 14.6. The van der Waals surface area contributed by atoms with Crippen LogP contribution in [-0.4, -0.2) is 25.3 Å². The molecule has 4 nitrogen and oxygen atoms in total. The highest BCUT2D eigenvalue weighted by Crippen LogP contribution is 2.38. The number of aliphatic imine (C=N–C) groups is 1. The number of para-hydroxylation sites is 1. The van der Waals surface area contributed by atoms with Crippen LogP contribution in [0.3, 0.4) is 0 Å². The molecule has 29 heavy (non-hydrogen) atoms. The lowest BCUT2D eigenvalue weighted by Gasteiger charge is -2.27. The third-order valence-corrected chi connectivity index (χ3v) is 4.60. The zero-order valence-corrected chi connectivity index (χ0v) is 19.7. The second-order valence-corrected chi connectivity index (χ2v) is 6.92. The van der Waals surface area contributed by atoms with Crippen LogP contribution < -0.4 is 10.2 Å². The van der Waals surface area contributed by atoms with Crippen molar-refractivity contribution >= 4 is 24.0 Å². The SMILES string of the molecule is C=NCN(c1cccc(CCCCCC)c1NC(=O)C(=C)C)C1CC1.CC.CC. The zero-order chi connectivity index (χ0) is 22.2. The Morgan fingerprint density at radius 3 is 2.34 bits per heavy atom. The number of hydrogen-bond acceptors (Lipinski definition) is 3. The van der Waals surface area contributed by atoms with Crippen molar-refractivity contribution < 1.29 is 4.79 Å². The molecule has 1 aromatic carbocycles. The second kappa shape index (κ2) is 15.8. The molecule has 1 amide bonds. The maximum Gasteiger partial charge on any atom is 0.250 e. The van der Waals surface area contributed by atoms with E-state index in [0.29, 0.717) is 18.3 Å². The van der Waals surface area contributed by atoms with Gasteiger partial charge in [-0.05, 0) is 51.0 Å². The fourth-order valence-electron chi connectivity index (χ4n) is 3.02. The summed E-state index contributed by atoms with van der Waals surface area (Å²) in [7, 11) is 0. The highest BCUT2D eigenvalue weighted by Gasteiger charge is 2.31. The highest BCUT2D eigenvalue weighted by molar-refractivity contribution is 6.05. The van der Waals surface area contributed by atoms with Gasteiger partial charge in [-0.2, -0.15) is 0 Å². The van der Waals surface area contributed by atoms with E-state index in [1.54, 1.807) is 6.92 Å². The molecule has 4 heteroatoms. The Morgan fingerprint density at radius 2 is 1.83 bits per heavy atom. The molecule has 0 aliphatic heterocycles. The Balaban J connectivity index is 0.00000184. The van der Waals surface area contributed by atoms with Crippen LogP contribution in [0, 0.1) is 0 Å². The summed E-state index contributed by atoms with van der Waals surface area (Å²) in [6.45, 7) is 19.9. The lowest BCUT2D eigenvalue weighted by atomic mass is 10.0. The van der Waals surface area contributed by atoms with Gasteiger partial charge in [-0.3, -0.25) is 9.79 Å². The number of benzene rings is 1. The fourth-order valence-corrected chi connectivity index (χ4v) is 3.02. The number of carbonyl (C=O) groups excluding carboxylic acids is 1. The van der Waals surface area contributed by atoms with Crippen molar-refractivity contribution in [2.75, 3.05) is 16.9 Å². The van der Waals surface area contributed by atoms with Gasteiger partial charge in [-0.15, -0.1) is 0 Å². The number of anilines is 2. The predicted octanol–water partition coefficient (Wildman–Crippen LogP) is 7.00. The minimum Gasteiger partial charge on any atom is -0.347 e. The van der Waals surface area contributed by atoms with Gasteiger partial charge in [0, 0.05) is 11.6 Å². The van der Waals surface area contributed by atoms with E-state index in [4.69, 9.17) is 0 Å². The molecule has 1 aromatic rings. The van der Waals surface area contributed by atoms with Crippen LogP contribution in [0.15, 0.2) is 35.3 Å². The summed E-state index contributed by atoms with van der Waals surface area (Å²) in [5.74, 6) is -0.121. The van der Waals surface area contributed by atoms with Gasteiger partial charge in [0.2, 0.25) is 0 Å². The molecule has 1 aliphatic carbocycles. The van der Waals surface area contributed by atoms with E-state index in [2.05, 4.69) is 53.6 Å². The molecule has 1 saturated carbocycles. The maximum absolute atomic E-state index is 12.3. The molecule has 2 rings (SSSR count). The van der Waals surface area contributed by atoms with Crippen LogP contribution in [0.25, 0.3) is 0 Å². The molecule has 0 spiro atoms. The molecule has 0 radical (unpaired) electrons. The van der Waals surface area contributed by atoms with Gasteiger partial charge in [0.15, 0.2) is 0 Å². The summed E-state index contributed by atoms with van der Waals surface area (Å²) in [5, 5.41) is 3.10. The van der Waals surface area contributed by atoms with E-state index < -0.39 is 0 Å². The Bertz CT molecular complexity index is 620. The molecule has 0 aromatic heterocycles. The van der Waals surface area contributed by atoms with Crippen LogP contribution in [0.1, 0.15) is 85.6 Å². The van der Waals surface area contributed by atoms with Crippen LogP contribution >= 0.6 is 0 Å². The maximum atomic E-state index is 12.3. The van der Waals surface area contributed by atoms with Gasteiger partial charge in [0.25, 0.3) is 5.91 Å². The Hall–Kier alpha value is -2.10. The number of hydrogen-bond donors (Lipinski definition) is 1. The largest absolute Gasteiger partial charge is 0.347 e. The van der Waals surface area contributed by atoms with Crippen molar-refractivity contribution in [1.82, 2.24) is 0 Å². The van der Waals surface area contributed by atoms with Gasteiger partial charge in [0.05, 0.1) is 11.4 Å². The number of rotatable bonds is 11. The number of amides is 1. The molecule has 0 atom stereocenters. The van der Waals surface area contributed by atoms with Crippen LogP contribution in [0.5, 0.6) is 0 Å². The van der Waals surface area contributed by atoms with Gasteiger partial charge in [-0.25, -0.2) is 0 Å². The molecule has 1 aliphatic rings. The smallest absolute Gasteiger partial charge is 0.250 e. The van der Waals surface area contributed by atoms with E-state index in [0.717, 1.165) is 24.2 Å². The molecular weight excluding hydrogens is 358 g/mol. The minimum absolute atomic E-state index is 0.121. The number of nitrogens with zero attached hydrogens (tertiary/aromatic N) is 2. The highest BCUT2D eigenvalue weighted by atomic mass is 16.1. The summed E-state index contributed by atoms with van der Waals surface area (Å²) >= 11 is 0. The van der Waals surface area contributed by atoms with E-state index in [-0.39, 0.29) is 5.91 Å². The first-order chi connectivity index (χ1) is 14.1. The number of carbonyl (C=O) groups is 1. The number of unbranched alkanes of at least 4 members (excludes halogenated alkanes) is 3. The normalized spacial score (nSPS) is 11.9. The average Bonchev–Trinajstić information content (AvgIpc) is 3.58. The first kappa shape index (κ1) is 26.9. The summed E-state index contributed by atoms with van der Waals surface area (Å²) in [4.78, 5) is 18.6. The lowest BCUT2D eigenvalue weighted by Crippen LogP contribution is -2.28. The first-order valence-electron chi connectivity index (χ1n) is 11.4. The minimum atomic E-state index is -0.121. The van der Waals surface area contributed by atoms with Crippen molar-refractivity contribution in [2.45, 2.75) is 92.5 Å². The molecule has 1 fully saturated rings. The third-order valence-electron chi connectivity index (χ3n) is 4.60. The van der Waals surface area contributed by atoms with E-state index in [1.165, 1.54) is 37.7 Å². The topological polar surface area (TPSA) is 44.7 Å². The first-order valence-corrected chi connectivity index (χ1v) is 11.4. The molecule has 0 saturated heterocycles. The zero-order valence-electron chi connectivity index (χ0n) is 19.7. The van der Waals surface area contributed by atoms with Gasteiger partial charge >= 0.3 is 0 Å². The molecule has 1 N–H and O–H groups in total. The van der Waals surface area contributed by atoms with E-state index in [9.17, 15) is 4.79 Å². The number of nitrogens with one attached hydrogen (secondary N) is 1. The standard InChI is InChI=1S/C21H31N3O.2C2H6/c1-5-6-7-8-10-17-11-9-12-19(20(17)23-21(25)16(2)3)24(15-22-4)18-13-14-18;2*1-2/h9,11-12,18H,2,4-8,10,13-15H2,1,3H3,(H,23,25);2*1-2H3. The molecule has 0 unspecified atom stereocenters. The molecular formula is C25H43N3O. The van der Waals surface area contributed by atoms with Gasteiger partial charge < -0.3 is 10.2 Å². The van der Waals surface area contributed by atoms with Crippen LogP contribution in [-0.2, 0) is 11.2 Å². The molecule has 164 valence electrons.